The zero-order valence-electron chi connectivity index (χ0n) is 17.5. The molecular weight excluding hydrogens is 364 g/mol. The van der Waals surface area contributed by atoms with Crippen LogP contribution in [0.2, 0.25) is 0 Å². The van der Waals surface area contributed by atoms with E-state index in [0.29, 0.717) is 12.1 Å². The van der Waals surface area contributed by atoms with Gasteiger partial charge in [-0.1, -0.05) is 49.7 Å². The van der Waals surface area contributed by atoms with Crippen LogP contribution in [0.3, 0.4) is 0 Å². The summed E-state index contributed by atoms with van der Waals surface area (Å²) in [6.45, 7) is 4.68. The second-order valence-corrected chi connectivity index (χ2v) is 6.99. The van der Waals surface area contributed by atoms with Gasteiger partial charge in [-0.05, 0) is 25.5 Å². The van der Waals surface area contributed by atoms with E-state index in [9.17, 15) is 4.79 Å². The molecule has 0 fully saturated rings. The van der Waals surface area contributed by atoms with Gasteiger partial charge in [-0.25, -0.2) is 0 Å². The van der Waals surface area contributed by atoms with Gasteiger partial charge in [-0.2, -0.15) is 0 Å². The van der Waals surface area contributed by atoms with Crippen LogP contribution in [0.4, 0.5) is 0 Å². The van der Waals surface area contributed by atoms with E-state index in [4.69, 9.17) is 15.2 Å². The van der Waals surface area contributed by atoms with Gasteiger partial charge in [-0.15, -0.1) is 0 Å². The summed E-state index contributed by atoms with van der Waals surface area (Å²) >= 11 is 0. The Balaban J connectivity index is 2.28. The highest BCUT2D eigenvalue weighted by atomic mass is 16.5. The third-order valence-corrected chi connectivity index (χ3v) is 5.26. The molecule has 0 spiro atoms. The summed E-state index contributed by atoms with van der Waals surface area (Å²) in [5.74, 6) is 1.11. The summed E-state index contributed by atoms with van der Waals surface area (Å²) in [6, 6.07) is 15.7. The minimum absolute atomic E-state index is 0.431. The van der Waals surface area contributed by atoms with Gasteiger partial charge in [0.1, 0.15) is 11.5 Å². The van der Waals surface area contributed by atoms with Gasteiger partial charge in [0.2, 0.25) is 0 Å². The van der Waals surface area contributed by atoms with E-state index in [-0.39, 0.29) is 0 Å². The first-order chi connectivity index (χ1) is 14.0. The lowest BCUT2D eigenvalue weighted by Gasteiger charge is -2.16. The molecule has 2 N–H and O–H groups in total. The van der Waals surface area contributed by atoms with Crippen LogP contribution < -0.4 is 15.2 Å². The second-order valence-electron chi connectivity index (χ2n) is 6.99. The third kappa shape index (κ3) is 3.86. The van der Waals surface area contributed by atoms with Crippen LogP contribution in [0, 0.1) is 6.92 Å². The van der Waals surface area contributed by atoms with Crippen LogP contribution in [-0.2, 0) is 13.0 Å². The van der Waals surface area contributed by atoms with Gasteiger partial charge in [0.05, 0.1) is 26.3 Å². The number of rotatable bonds is 8. The maximum absolute atomic E-state index is 12.5. The molecule has 5 heteroatoms. The van der Waals surface area contributed by atoms with Gasteiger partial charge in [0.25, 0.3) is 5.91 Å². The Hall–Kier alpha value is -3.21. The molecule has 1 heterocycles. The number of nitrogens with zero attached hydrogens (tertiary/aromatic N) is 1. The number of carbonyl (C=O) groups is 1. The first-order valence-electron chi connectivity index (χ1n) is 9.80. The van der Waals surface area contributed by atoms with Gasteiger partial charge < -0.3 is 19.8 Å². The molecule has 0 aliphatic heterocycles. The van der Waals surface area contributed by atoms with Gasteiger partial charge in [0, 0.05) is 28.1 Å². The van der Waals surface area contributed by atoms with Gasteiger partial charge in [-0.3, -0.25) is 4.79 Å². The van der Waals surface area contributed by atoms with Crippen molar-refractivity contribution in [2.75, 3.05) is 14.2 Å². The molecule has 2 aromatic carbocycles. The summed E-state index contributed by atoms with van der Waals surface area (Å²) in [7, 11) is 3.31. The molecular formula is C24H28N2O3. The summed E-state index contributed by atoms with van der Waals surface area (Å²) < 4.78 is 13.3. The number of methoxy groups -OCH3 is 2. The fraction of sp³-hybridized carbons (Fsp3) is 0.292. The van der Waals surface area contributed by atoms with Crippen molar-refractivity contribution in [3.63, 3.8) is 0 Å². The lowest BCUT2D eigenvalue weighted by atomic mass is 9.97. The molecule has 3 aromatic rings. The number of hydrogen-bond acceptors (Lipinski definition) is 3. The number of nitrogens with two attached hydrogens (primary N) is 1. The topological polar surface area (TPSA) is 66.5 Å². The SMILES string of the molecule is CCCc1c(-c2ccccc2OC)c(C(N)=O)c(C)n1Cc1ccccc1OC. The minimum atomic E-state index is -0.431. The Morgan fingerprint density at radius 3 is 2.24 bits per heavy atom. The van der Waals surface area contributed by atoms with Crippen molar-refractivity contribution in [1.82, 2.24) is 4.57 Å². The molecule has 0 aliphatic carbocycles. The lowest BCUT2D eigenvalue weighted by Crippen LogP contribution is -2.14. The molecule has 152 valence electrons. The Labute approximate surface area is 172 Å². The maximum atomic E-state index is 12.5. The highest BCUT2D eigenvalue weighted by molar-refractivity contribution is 6.03. The van der Waals surface area contributed by atoms with E-state index in [1.54, 1.807) is 14.2 Å². The largest absolute Gasteiger partial charge is 0.496 e. The van der Waals surface area contributed by atoms with E-state index in [1.165, 1.54) is 0 Å². The predicted molar refractivity (Wildman–Crippen MR) is 116 cm³/mol. The summed E-state index contributed by atoms with van der Waals surface area (Å²) in [5, 5.41) is 0. The van der Waals surface area contributed by atoms with Crippen LogP contribution in [0.1, 0.15) is 40.7 Å². The smallest absolute Gasteiger partial charge is 0.251 e. The van der Waals surface area contributed by atoms with Crippen LogP contribution in [-0.4, -0.2) is 24.7 Å². The van der Waals surface area contributed by atoms with Crippen molar-refractivity contribution in [2.45, 2.75) is 33.2 Å². The van der Waals surface area contributed by atoms with Crippen molar-refractivity contribution >= 4 is 5.91 Å². The minimum Gasteiger partial charge on any atom is -0.496 e. The van der Waals surface area contributed by atoms with Crippen LogP contribution in [0.25, 0.3) is 11.1 Å². The maximum Gasteiger partial charge on any atom is 0.251 e. The molecule has 3 rings (SSSR count). The van der Waals surface area contributed by atoms with E-state index in [0.717, 1.165) is 52.4 Å². The molecule has 0 radical (unpaired) electrons. The summed E-state index contributed by atoms with van der Waals surface area (Å²) in [4.78, 5) is 12.5. The Kier molecular flexibility index (Phi) is 6.27. The van der Waals surface area contributed by atoms with Crippen molar-refractivity contribution in [2.24, 2.45) is 5.73 Å². The van der Waals surface area contributed by atoms with Gasteiger partial charge in [0.15, 0.2) is 0 Å². The van der Waals surface area contributed by atoms with Crippen molar-refractivity contribution in [1.29, 1.82) is 0 Å². The van der Waals surface area contributed by atoms with Gasteiger partial charge >= 0.3 is 0 Å². The van der Waals surface area contributed by atoms with Crippen LogP contribution in [0.5, 0.6) is 11.5 Å². The molecule has 1 amide bonds. The standard InChI is InChI=1S/C24H28N2O3/c1-5-10-19-23(18-12-7-9-14-21(18)29-4)22(24(25)27)16(2)26(19)15-17-11-6-8-13-20(17)28-3/h6-9,11-14H,5,10,15H2,1-4H3,(H2,25,27). The number of para-hydroxylation sites is 2. The second kappa shape index (κ2) is 8.86. The average Bonchev–Trinajstić information content (AvgIpc) is 3.00. The highest BCUT2D eigenvalue weighted by Gasteiger charge is 2.26. The van der Waals surface area contributed by atoms with E-state index in [2.05, 4.69) is 11.5 Å². The molecule has 0 atom stereocenters. The Morgan fingerprint density at radius 2 is 1.62 bits per heavy atom. The zero-order chi connectivity index (χ0) is 21.0. The summed E-state index contributed by atoms with van der Waals surface area (Å²) in [6.07, 6.45) is 1.76. The number of primary amides is 1. The molecule has 0 aliphatic rings. The Morgan fingerprint density at radius 1 is 1.00 bits per heavy atom. The van der Waals surface area contributed by atoms with E-state index >= 15 is 0 Å². The fourth-order valence-corrected chi connectivity index (χ4v) is 3.96. The summed E-state index contributed by atoms with van der Waals surface area (Å²) in [5.41, 5.74) is 11.1. The number of ether oxygens (including phenoxy) is 2. The monoisotopic (exact) mass is 392 g/mol. The number of benzene rings is 2. The molecule has 0 saturated heterocycles. The van der Waals surface area contributed by atoms with E-state index in [1.807, 2.05) is 55.5 Å². The van der Waals surface area contributed by atoms with Crippen molar-refractivity contribution < 1.29 is 14.3 Å². The quantitative estimate of drug-likeness (QED) is 0.610. The van der Waals surface area contributed by atoms with Crippen LogP contribution in [0.15, 0.2) is 48.5 Å². The molecule has 5 nitrogen and oxygen atoms in total. The average molecular weight is 392 g/mol. The first-order valence-corrected chi connectivity index (χ1v) is 9.80. The van der Waals surface area contributed by atoms with Crippen LogP contribution >= 0.6 is 0 Å². The molecule has 0 bridgehead atoms. The first kappa shape index (κ1) is 20.5. The number of amides is 1. The zero-order valence-corrected chi connectivity index (χ0v) is 17.5. The molecule has 1 aromatic heterocycles. The Bertz CT molecular complexity index is 1020. The third-order valence-electron chi connectivity index (χ3n) is 5.26. The molecule has 0 saturated carbocycles. The highest BCUT2D eigenvalue weighted by Crippen LogP contribution is 2.39. The van der Waals surface area contributed by atoms with E-state index < -0.39 is 5.91 Å². The number of hydrogen-bond donors (Lipinski definition) is 1. The number of aromatic nitrogens is 1. The molecule has 0 unspecified atom stereocenters. The van der Waals surface area contributed by atoms with Crippen molar-refractivity contribution in [3.8, 4) is 22.6 Å². The normalized spacial score (nSPS) is 10.8. The van der Waals surface area contributed by atoms with Crippen molar-refractivity contribution in [3.05, 3.63) is 71.0 Å². The number of carbonyl (C=O) groups excluding carboxylic acids is 1. The molecule has 29 heavy (non-hydrogen) atoms. The fourth-order valence-electron chi connectivity index (χ4n) is 3.96. The predicted octanol–water partition coefficient (Wildman–Crippen LogP) is 4.58. The lowest BCUT2D eigenvalue weighted by molar-refractivity contribution is 0.1000.